The standard InChI is InChI=1S/C16H24N2O2/c1-12-5-3-8-15(18-12)16(19)17-10-9-13-6-4-7-14(11-13)20-2/h4,6-7,11-12,15,18H,3,5,8-10H2,1-2H3,(H,17,19). The Bertz CT molecular complexity index is 448. The van der Waals surface area contributed by atoms with Crippen LogP contribution in [0.2, 0.25) is 0 Å². The van der Waals surface area contributed by atoms with Crippen LogP contribution in [0.1, 0.15) is 31.7 Å². The molecule has 1 aliphatic heterocycles. The highest BCUT2D eigenvalue weighted by Gasteiger charge is 2.23. The summed E-state index contributed by atoms with van der Waals surface area (Å²) in [7, 11) is 1.66. The van der Waals surface area contributed by atoms with Crippen molar-refractivity contribution in [1.82, 2.24) is 10.6 Å². The number of piperidine rings is 1. The van der Waals surface area contributed by atoms with Crippen LogP contribution in [0.15, 0.2) is 24.3 Å². The Balaban J connectivity index is 1.76. The highest BCUT2D eigenvalue weighted by atomic mass is 16.5. The third-order valence-corrected chi connectivity index (χ3v) is 3.78. The molecule has 1 aromatic rings. The van der Waals surface area contributed by atoms with E-state index in [1.807, 2.05) is 18.2 Å². The fourth-order valence-corrected chi connectivity index (χ4v) is 2.63. The summed E-state index contributed by atoms with van der Waals surface area (Å²) in [4.78, 5) is 12.1. The molecule has 0 saturated carbocycles. The summed E-state index contributed by atoms with van der Waals surface area (Å²) < 4.78 is 5.19. The number of carbonyl (C=O) groups excluding carboxylic acids is 1. The average molecular weight is 276 g/mol. The van der Waals surface area contributed by atoms with Gasteiger partial charge in [-0.1, -0.05) is 12.1 Å². The molecule has 1 heterocycles. The zero-order valence-corrected chi connectivity index (χ0v) is 12.3. The third-order valence-electron chi connectivity index (χ3n) is 3.78. The van der Waals surface area contributed by atoms with E-state index in [1.54, 1.807) is 7.11 Å². The Labute approximate surface area is 120 Å². The molecule has 0 radical (unpaired) electrons. The van der Waals surface area contributed by atoms with E-state index in [1.165, 1.54) is 5.56 Å². The van der Waals surface area contributed by atoms with E-state index >= 15 is 0 Å². The predicted molar refractivity (Wildman–Crippen MR) is 79.9 cm³/mol. The lowest BCUT2D eigenvalue weighted by Crippen LogP contribution is -2.50. The molecule has 4 nitrogen and oxygen atoms in total. The van der Waals surface area contributed by atoms with Crippen LogP contribution < -0.4 is 15.4 Å². The van der Waals surface area contributed by atoms with Gasteiger partial charge < -0.3 is 15.4 Å². The number of methoxy groups -OCH3 is 1. The first kappa shape index (κ1) is 14.9. The van der Waals surface area contributed by atoms with E-state index in [9.17, 15) is 4.79 Å². The lowest BCUT2D eigenvalue weighted by molar-refractivity contribution is -0.123. The topological polar surface area (TPSA) is 50.4 Å². The monoisotopic (exact) mass is 276 g/mol. The zero-order chi connectivity index (χ0) is 14.4. The van der Waals surface area contributed by atoms with Gasteiger partial charge in [-0.25, -0.2) is 0 Å². The molecule has 0 aromatic heterocycles. The molecular formula is C16H24N2O2. The van der Waals surface area contributed by atoms with Crippen molar-refractivity contribution in [3.63, 3.8) is 0 Å². The number of benzene rings is 1. The molecule has 4 heteroatoms. The van der Waals surface area contributed by atoms with Crippen LogP contribution >= 0.6 is 0 Å². The molecular weight excluding hydrogens is 252 g/mol. The lowest BCUT2D eigenvalue weighted by atomic mass is 9.99. The van der Waals surface area contributed by atoms with E-state index in [2.05, 4.69) is 23.6 Å². The van der Waals surface area contributed by atoms with Crippen molar-refractivity contribution in [2.45, 2.75) is 44.7 Å². The van der Waals surface area contributed by atoms with Gasteiger partial charge >= 0.3 is 0 Å². The van der Waals surface area contributed by atoms with Crippen LogP contribution in [-0.4, -0.2) is 31.6 Å². The second-order valence-electron chi connectivity index (χ2n) is 5.44. The number of nitrogens with one attached hydrogen (secondary N) is 2. The Hall–Kier alpha value is -1.55. The maximum absolute atomic E-state index is 12.1. The molecule has 1 aliphatic rings. The molecule has 2 N–H and O–H groups in total. The van der Waals surface area contributed by atoms with E-state index in [0.29, 0.717) is 12.6 Å². The highest BCUT2D eigenvalue weighted by molar-refractivity contribution is 5.81. The van der Waals surface area contributed by atoms with Crippen molar-refractivity contribution in [1.29, 1.82) is 0 Å². The molecule has 0 bridgehead atoms. The molecule has 1 saturated heterocycles. The number of hydrogen-bond donors (Lipinski definition) is 2. The summed E-state index contributed by atoms with van der Waals surface area (Å²) in [5, 5.41) is 6.37. The van der Waals surface area contributed by atoms with Gasteiger partial charge in [0.05, 0.1) is 13.2 Å². The SMILES string of the molecule is COc1cccc(CCNC(=O)C2CCCC(C)N2)c1. The Kier molecular flexibility index (Phi) is 5.41. The van der Waals surface area contributed by atoms with Gasteiger partial charge in [0.15, 0.2) is 0 Å². The number of carbonyl (C=O) groups is 1. The van der Waals surface area contributed by atoms with Gasteiger partial charge in [0.25, 0.3) is 0 Å². The van der Waals surface area contributed by atoms with Crippen molar-refractivity contribution in [3.05, 3.63) is 29.8 Å². The van der Waals surface area contributed by atoms with Crippen LogP contribution in [0, 0.1) is 0 Å². The Morgan fingerprint density at radius 3 is 3.05 bits per heavy atom. The van der Waals surface area contributed by atoms with E-state index in [0.717, 1.165) is 31.4 Å². The van der Waals surface area contributed by atoms with Gasteiger partial charge in [0, 0.05) is 12.6 Å². The second-order valence-corrected chi connectivity index (χ2v) is 5.44. The highest BCUT2D eigenvalue weighted by Crippen LogP contribution is 2.13. The van der Waals surface area contributed by atoms with Crippen LogP contribution in [0.5, 0.6) is 5.75 Å². The van der Waals surface area contributed by atoms with Gasteiger partial charge in [0.1, 0.15) is 5.75 Å². The second kappa shape index (κ2) is 7.29. The van der Waals surface area contributed by atoms with Crippen molar-refractivity contribution in [2.75, 3.05) is 13.7 Å². The van der Waals surface area contributed by atoms with Gasteiger partial charge in [-0.3, -0.25) is 4.79 Å². The summed E-state index contributed by atoms with van der Waals surface area (Å²) in [5.74, 6) is 0.982. The smallest absolute Gasteiger partial charge is 0.237 e. The molecule has 110 valence electrons. The Morgan fingerprint density at radius 2 is 2.30 bits per heavy atom. The Morgan fingerprint density at radius 1 is 1.45 bits per heavy atom. The largest absolute Gasteiger partial charge is 0.497 e. The first-order valence-electron chi connectivity index (χ1n) is 7.35. The van der Waals surface area contributed by atoms with E-state index in [-0.39, 0.29) is 11.9 Å². The minimum Gasteiger partial charge on any atom is -0.497 e. The number of amides is 1. The van der Waals surface area contributed by atoms with Crippen molar-refractivity contribution in [3.8, 4) is 5.75 Å². The summed E-state index contributed by atoms with van der Waals surface area (Å²) in [6.45, 7) is 2.80. The van der Waals surface area contributed by atoms with Gasteiger partial charge in [-0.2, -0.15) is 0 Å². The third kappa shape index (κ3) is 4.23. The number of rotatable bonds is 5. The molecule has 1 aromatic carbocycles. The molecule has 1 amide bonds. The molecule has 2 atom stereocenters. The maximum atomic E-state index is 12.1. The molecule has 20 heavy (non-hydrogen) atoms. The number of ether oxygens (including phenoxy) is 1. The summed E-state index contributed by atoms with van der Waals surface area (Å²) in [6.07, 6.45) is 4.05. The number of hydrogen-bond acceptors (Lipinski definition) is 3. The van der Waals surface area contributed by atoms with Gasteiger partial charge in [0.2, 0.25) is 5.91 Å². The molecule has 0 aliphatic carbocycles. The van der Waals surface area contributed by atoms with Crippen LogP contribution in [0.3, 0.4) is 0 Å². The lowest BCUT2D eigenvalue weighted by Gasteiger charge is -2.27. The summed E-state index contributed by atoms with van der Waals surface area (Å²) in [5.41, 5.74) is 1.18. The summed E-state index contributed by atoms with van der Waals surface area (Å²) >= 11 is 0. The van der Waals surface area contributed by atoms with E-state index < -0.39 is 0 Å². The normalized spacial score (nSPS) is 22.3. The minimum absolute atomic E-state index is 0.0240. The van der Waals surface area contributed by atoms with E-state index in [4.69, 9.17) is 4.74 Å². The predicted octanol–water partition coefficient (Wildman–Crippen LogP) is 1.88. The van der Waals surface area contributed by atoms with Gasteiger partial charge in [-0.05, 0) is 50.3 Å². The first-order chi connectivity index (χ1) is 9.69. The maximum Gasteiger partial charge on any atom is 0.237 e. The van der Waals surface area contributed by atoms with Gasteiger partial charge in [-0.15, -0.1) is 0 Å². The van der Waals surface area contributed by atoms with Crippen molar-refractivity contribution in [2.24, 2.45) is 0 Å². The van der Waals surface area contributed by atoms with Crippen LogP contribution in [0.25, 0.3) is 0 Å². The molecule has 2 unspecified atom stereocenters. The first-order valence-corrected chi connectivity index (χ1v) is 7.35. The zero-order valence-electron chi connectivity index (χ0n) is 12.3. The summed E-state index contributed by atoms with van der Waals surface area (Å²) in [6, 6.07) is 8.38. The van der Waals surface area contributed by atoms with Crippen molar-refractivity contribution >= 4 is 5.91 Å². The molecule has 2 rings (SSSR count). The quantitative estimate of drug-likeness (QED) is 0.863. The van der Waals surface area contributed by atoms with Crippen molar-refractivity contribution < 1.29 is 9.53 Å². The molecule has 0 spiro atoms. The molecule has 1 fully saturated rings. The van der Waals surface area contributed by atoms with Crippen LogP contribution in [-0.2, 0) is 11.2 Å². The van der Waals surface area contributed by atoms with Crippen LogP contribution in [0.4, 0.5) is 0 Å². The minimum atomic E-state index is -0.0240. The average Bonchev–Trinajstić information content (AvgIpc) is 2.47. The fourth-order valence-electron chi connectivity index (χ4n) is 2.63. The fraction of sp³-hybridized carbons (Fsp3) is 0.562.